The van der Waals surface area contributed by atoms with E-state index in [-0.39, 0.29) is 0 Å². The van der Waals surface area contributed by atoms with E-state index >= 15 is 0 Å². The summed E-state index contributed by atoms with van der Waals surface area (Å²) in [6.07, 6.45) is 10.7. The van der Waals surface area contributed by atoms with Crippen LogP contribution in [0, 0.1) is 0 Å². The SMILES string of the molecule is C(/C=C/c1ccccc1)=C(\C=C\c1ccccc1)c1ccccc1. The lowest BCUT2D eigenvalue weighted by Crippen LogP contribution is -1.80. The highest BCUT2D eigenvalue weighted by atomic mass is 14.0. The van der Waals surface area contributed by atoms with Crippen LogP contribution in [-0.2, 0) is 0 Å². The molecule has 0 unspecified atom stereocenters. The summed E-state index contributed by atoms with van der Waals surface area (Å²) in [4.78, 5) is 0. The molecule has 116 valence electrons. The average molecular weight is 308 g/mol. The van der Waals surface area contributed by atoms with Gasteiger partial charge in [-0.25, -0.2) is 0 Å². The van der Waals surface area contributed by atoms with Crippen molar-refractivity contribution in [2.24, 2.45) is 0 Å². The fraction of sp³-hybridized carbons (Fsp3) is 0. The van der Waals surface area contributed by atoms with E-state index in [9.17, 15) is 0 Å². The minimum atomic E-state index is 1.19. The molecule has 0 bridgehead atoms. The molecule has 0 heteroatoms. The summed E-state index contributed by atoms with van der Waals surface area (Å²) >= 11 is 0. The van der Waals surface area contributed by atoms with Crippen LogP contribution in [0.15, 0.2) is 109 Å². The molecule has 3 rings (SSSR count). The molecule has 0 fully saturated rings. The molecule has 0 N–H and O–H groups in total. The van der Waals surface area contributed by atoms with Crippen molar-refractivity contribution >= 4 is 17.7 Å². The van der Waals surface area contributed by atoms with Gasteiger partial charge in [-0.3, -0.25) is 0 Å². The van der Waals surface area contributed by atoms with Crippen molar-refractivity contribution in [1.29, 1.82) is 0 Å². The van der Waals surface area contributed by atoms with E-state index in [1.54, 1.807) is 0 Å². The second-order valence-electron chi connectivity index (χ2n) is 5.50. The first kappa shape index (κ1) is 15.8. The van der Waals surface area contributed by atoms with Crippen molar-refractivity contribution in [1.82, 2.24) is 0 Å². The molecule has 0 spiro atoms. The Hall–Kier alpha value is -3.12. The molecule has 0 aliphatic heterocycles. The molecule has 0 aliphatic carbocycles. The summed E-state index contributed by atoms with van der Waals surface area (Å²) in [5, 5.41) is 0. The first-order chi connectivity index (χ1) is 11.9. The molecule has 0 saturated carbocycles. The molecular formula is C24H20. The van der Waals surface area contributed by atoms with Crippen molar-refractivity contribution in [3.05, 3.63) is 126 Å². The Labute approximate surface area is 144 Å². The van der Waals surface area contributed by atoms with E-state index in [0.717, 1.165) is 0 Å². The quantitative estimate of drug-likeness (QED) is 0.472. The average Bonchev–Trinajstić information content (AvgIpc) is 2.67. The zero-order chi connectivity index (χ0) is 16.5. The van der Waals surface area contributed by atoms with Gasteiger partial charge in [-0.1, -0.05) is 121 Å². The second-order valence-corrected chi connectivity index (χ2v) is 5.50. The predicted octanol–water partition coefficient (Wildman–Crippen LogP) is 6.50. The van der Waals surface area contributed by atoms with E-state index < -0.39 is 0 Å². The van der Waals surface area contributed by atoms with Crippen LogP contribution in [0.2, 0.25) is 0 Å². The van der Waals surface area contributed by atoms with Crippen LogP contribution in [0.3, 0.4) is 0 Å². The van der Waals surface area contributed by atoms with Gasteiger partial charge in [0.25, 0.3) is 0 Å². The van der Waals surface area contributed by atoms with Crippen LogP contribution in [0.4, 0.5) is 0 Å². The third-order valence-corrected chi connectivity index (χ3v) is 3.73. The first-order valence-corrected chi connectivity index (χ1v) is 8.14. The number of benzene rings is 3. The molecule has 0 amide bonds. The monoisotopic (exact) mass is 308 g/mol. The fourth-order valence-electron chi connectivity index (χ4n) is 2.46. The summed E-state index contributed by atoms with van der Waals surface area (Å²) < 4.78 is 0. The maximum Gasteiger partial charge on any atom is -0.0184 e. The van der Waals surface area contributed by atoms with Gasteiger partial charge in [-0.2, -0.15) is 0 Å². The van der Waals surface area contributed by atoms with Crippen LogP contribution in [-0.4, -0.2) is 0 Å². The number of hydrogen-bond acceptors (Lipinski definition) is 0. The Morgan fingerprint density at radius 3 is 1.62 bits per heavy atom. The molecule has 0 radical (unpaired) electrons. The van der Waals surface area contributed by atoms with E-state index in [1.807, 2.05) is 18.2 Å². The Balaban J connectivity index is 1.86. The zero-order valence-corrected chi connectivity index (χ0v) is 13.5. The molecular weight excluding hydrogens is 288 g/mol. The lowest BCUT2D eigenvalue weighted by atomic mass is 10.0. The molecule has 0 aromatic heterocycles. The van der Waals surface area contributed by atoms with Crippen LogP contribution in [0.25, 0.3) is 17.7 Å². The molecule has 0 nitrogen and oxygen atoms in total. The zero-order valence-electron chi connectivity index (χ0n) is 13.5. The predicted molar refractivity (Wildman–Crippen MR) is 105 cm³/mol. The normalized spacial score (nSPS) is 12.1. The van der Waals surface area contributed by atoms with Crippen LogP contribution >= 0.6 is 0 Å². The number of rotatable bonds is 5. The van der Waals surface area contributed by atoms with Gasteiger partial charge in [0.1, 0.15) is 0 Å². The standard InChI is InChI=1S/C24H20/c1-4-11-21(12-5-1)15-10-18-24(23-16-8-3-9-17-23)20-19-22-13-6-2-7-14-22/h1-20H/b15-10+,20-19+,24-18-. The molecule has 3 aromatic carbocycles. The van der Waals surface area contributed by atoms with Gasteiger partial charge < -0.3 is 0 Å². The van der Waals surface area contributed by atoms with Gasteiger partial charge in [0.05, 0.1) is 0 Å². The van der Waals surface area contributed by atoms with Crippen molar-refractivity contribution in [3.8, 4) is 0 Å². The fourth-order valence-corrected chi connectivity index (χ4v) is 2.46. The van der Waals surface area contributed by atoms with Crippen molar-refractivity contribution < 1.29 is 0 Å². The van der Waals surface area contributed by atoms with E-state index in [1.165, 1.54) is 22.3 Å². The molecule has 0 atom stereocenters. The Morgan fingerprint density at radius 1 is 0.542 bits per heavy atom. The Kier molecular flexibility index (Phi) is 5.58. The molecule has 0 saturated heterocycles. The van der Waals surface area contributed by atoms with Gasteiger partial charge in [-0.15, -0.1) is 0 Å². The molecule has 3 aromatic rings. The molecule has 0 aliphatic rings. The first-order valence-electron chi connectivity index (χ1n) is 8.14. The highest BCUT2D eigenvalue weighted by Gasteiger charge is 1.95. The van der Waals surface area contributed by atoms with Crippen molar-refractivity contribution in [2.75, 3.05) is 0 Å². The molecule has 24 heavy (non-hydrogen) atoms. The maximum absolute atomic E-state index is 2.17. The van der Waals surface area contributed by atoms with Crippen LogP contribution < -0.4 is 0 Å². The number of allylic oxidation sites excluding steroid dienone is 4. The van der Waals surface area contributed by atoms with Crippen molar-refractivity contribution in [3.63, 3.8) is 0 Å². The highest BCUT2D eigenvalue weighted by molar-refractivity contribution is 5.80. The van der Waals surface area contributed by atoms with Gasteiger partial charge in [0, 0.05) is 0 Å². The lowest BCUT2D eigenvalue weighted by molar-refractivity contribution is 1.61. The summed E-state index contributed by atoms with van der Waals surface area (Å²) in [6.45, 7) is 0. The topological polar surface area (TPSA) is 0 Å². The lowest BCUT2D eigenvalue weighted by Gasteiger charge is -2.02. The minimum Gasteiger partial charge on any atom is -0.0622 e. The summed E-state index contributed by atoms with van der Waals surface area (Å²) in [5.41, 5.74) is 4.80. The Bertz CT molecular complexity index is 823. The van der Waals surface area contributed by atoms with Gasteiger partial charge in [-0.05, 0) is 22.3 Å². The smallest absolute Gasteiger partial charge is 0.0184 e. The third-order valence-electron chi connectivity index (χ3n) is 3.73. The summed E-state index contributed by atoms with van der Waals surface area (Å²) in [7, 11) is 0. The summed E-state index contributed by atoms with van der Waals surface area (Å²) in [6, 6.07) is 31.2. The largest absolute Gasteiger partial charge is 0.0622 e. The molecule has 0 heterocycles. The van der Waals surface area contributed by atoms with Gasteiger partial charge in [0.2, 0.25) is 0 Å². The van der Waals surface area contributed by atoms with Gasteiger partial charge >= 0.3 is 0 Å². The highest BCUT2D eigenvalue weighted by Crippen LogP contribution is 2.18. The van der Waals surface area contributed by atoms with E-state index in [2.05, 4.69) is 103 Å². The van der Waals surface area contributed by atoms with E-state index in [0.29, 0.717) is 0 Å². The maximum atomic E-state index is 2.17. The number of hydrogen-bond donors (Lipinski definition) is 0. The third kappa shape index (κ3) is 4.69. The van der Waals surface area contributed by atoms with Crippen LogP contribution in [0.5, 0.6) is 0 Å². The summed E-state index contributed by atoms with van der Waals surface area (Å²) in [5.74, 6) is 0. The second kappa shape index (κ2) is 8.50. The van der Waals surface area contributed by atoms with Crippen molar-refractivity contribution in [2.45, 2.75) is 0 Å². The van der Waals surface area contributed by atoms with E-state index in [4.69, 9.17) is 0 Å². The minimum absolute atomic E-state index is 1.19. The van der Waals surface area contributed by atoms with Crippen LogP contribution in [0.1, 0.15) is 16.7 Å². The Morgan fingerprint density at radius 2 is 1.04 bits per heavy atom. The van der Waals surface area contributed by atoms with Gasteiger partial charge in [0.15, 0.2) is 0 Å².